The first-order valence-corrected chi connectivity index (χ1v) is 12.9. The third-order valence-corrected chi connectivity index (χ3v) is 6.85. The Balaban J connectivity index is 0.00000320. The van der Waals surface area contributed by atoms with Gasteiger partial charge in [-0.3, -0.25) is 0 Å². The average molecular weight is 498 g/mol. The summed E-state index contributed by atoms with van der Waals surface area (Å²) in [6, 6.07) is 26.9. The quantitative estimate of drug-likeness (QED) is 0.263. The van der Waals surface area contributed by atoms with E-state index in [1.807, 2.05) is 68.7 Å². The minimum atomic E-state index is 0. The second-order valence-electron chi connectivity index (χ2n) is 9.83. The number of anilines is 2. The summed E-state index contributed by atoms with van der Waals surface area (Å²) >= 11 is 0. The number of aromatic nitrogens is 2. The highest BCUT2D eigenvalue weighted by molar-refractivity contribution is 5.90. The fraction of sp³-hybridized carbons (Fsp3) is 0.355. The molecule has 0 bridgehead atoms. The molecule has 1 aromatic heterocycles. The van der Waals surface area contributed by atoms with Crippen molar-refractivity contribution in [3.8, 4) is 11.5 Å². The van der Waals surface area contributed by atoms with Gasteiger partial charge in [0.05, 0.1) is 5.52 Å². The fourth-order valence-corrected chi connectivity index (χ4v) is 4.88. The maximum Gasteiger partial charge on any atom is 0.225 e. The molecule has 0 saturated heterocycles. The zero-order chi connectivity index (χ0) is 24.7. The first kappa shape index (κ1) is 26.4. The van der Waals surface area contributed by atoms with Gasteiger partial charge < -0.3 is 20.3 Å². The Kier molecular flexibility index (Phi) is 8.96. The number of nitrogens with one attached hydrogen (secondary N) is 2. The molecular formula is C31H39N5O. The first-order chi connectivity index (χ1) is 17.6. The van der Waals surface area contributed by atoms with E-state index in [0.29, 0.717) is 12.0 Å². The first-order valence-electron chi connectivity index (χ1n) is 12.9. The fourth-order valence-electron chi connectivity index (χ4n) is 4.88. The van der Waals surface area contributed by atoms with Crippen LogP contribution < -0.4 is 20.3 Å². The molecule has 6 heteroatoms. The van der Waals surface area contributed by atoms with Gasteiger partial charge in [0.1, 0.15) is 17.3 Å². The molecule has 1 aliphatic carbocycles. The Morgan fingerprint density at radius 2 is 1.49 bits per heavy atom. The largest absolute Gasteiger partial charge is 0.457 e. The van der Waals surface area contributed by atoms with Crippen LogP contribution in [0.15, 0.2) is 78.9 Å². The van der Waals surface area contributed by atoms with Crippen LogP contribution in [0.1, 0.15) is 38.7 Å². The lowest BCUT2D eigenvalue weighted by Crippen LogP contribution is -2.31. The van der Waals surface area contributed by atoms with E-state index in [1.54, 1.807) is 0 Å². The lowest BCUT2D eigenvalue weighted by atomic mass is 9.86. The van der Waals surface area contributed by atoms with Crippen molar-refractivity contribution in [3.05, 3.63) is 84.4 Å². The van der Waals surface area contributed by atoms with Crippen molar-refractivity contribution in [3.63, 3.8) is 0 Å². The van der Waals surface area contributed by atoms with Crippen LogP contribution >= 0.6 is 0 Å². The van der Waals surface area contributed by atoms with E-state index in [9.17, 15) is 0 Å². The number of benzene rings is 3. The molecule has 0 amide bonds. The number of hydrogen-bond donors (Lipinski definition) is 2. The van der Waals surface area contributed by atoms with Crippen molar-refractivity contribution in [1.29, 1.82) is 0 Å². The zero-order valence-corrected chi connectivity index (χ0v) is 21.2. The zero-order valence-electron chi connectivity index (χ0n) is 21.2. The molecule has 194 valence electrons. The number of ether oxygens (including phenoxy) is 1. The van der Waals surface area contributed by atoms with Crippen LogP contribution in [0.4, 0.5) is 11.8 Å². The van der Waals surface area contributed by atoms with E-state index in [1.165, 1.54) is 18.4 Å². The second kappa shape index (κ2) is 12.5. The third-order valence-electron chi connectivity index (χ3n) is 6.85. The number of hydrogen-bond acceptors (Lipinski definition) is 6. The van der Waals surface area contributed by atoms with Gasteiger partial charge in [0, 0.05) is 32.1 Å². The Morgan fingerprint density at radius 1 is 0.811 bits per heavy atom. The molecule has 0 atom stereocenters. The van der Waals surface area contributed by atoms with Crippen molar-refractivity contribution in [1.82, 2.24) is 15.3 Å². The Bertz CT molecular complexity index is 1250. The second-order valence-corrected chi connectivity index (χ2v) is 9.83. The van der Waals surface area contributed by atoms with Crippen LogP contribution in [0, 0.1) is 5.92 Å². The number of para-hydroxylation sites is 2. The van der Waals surface area contributed by atoms with Gasteiger partial charge in [0.25, 0.3) is 0 Å². The van der Waals surface area contributed by atoms with Crippen molar-refractivity contribution >= 4 is 22.7 Å². The smallest absolute Gasteiger partial charge is 0.225 e. The molecule has 37 heavy (non-hydrogen) atoms. The summed E-state index contributed by atoms with van der Waals surface area (Å²) in [7, 11) is 4.06. The lowest BCUT2D eigenvalue weighted by Gasteiger charge is -2.29. The topological polar surface area (TPSA) is 62.3 Å². The highest BCUT2D eigenvalue weighted by Crippen LogP contribution is 2.28. The van der Waals surface area contributed by atoms with Crippen LogP contribution in [0.3, 0.4) is 0 Å². The average Bonchev–Trinajstić information content (AvgIpc) is 2.91. The molecule has 1 aliphatic rings. The van der Waals surface area contributed by atoms with Crippen molar-refractivity contribution in [2.45, 2.75) is 45.7 Å². The van der Waals surface area contributed by atoms with E-state index < -0.39 is 0 Å². The summed E-state index contributed by atoms with van der Waals surface area (Å²) in [5.74, 6) is 4.13. The summed E-state index contributed by atoms with van der Waals surface area (Å²) in [5.41, 5.74) is 2.26. The molecule has 0 radical (unpaired) electrons. The van der Waals surface area contributed by atoms with Crippen molar-refractivity contribution < 1.29 is 4.74 Å². The van der Waals surface area contributed by atoms with Gasteiger partial charge >= 0.3 is 0 Å². The molecule has 0 unspecified atom stereocenters. The molecule has 0 spiro atoms. The highest BCUT2D eigenvalue weighted by Gasteiger charge is 2.22. The minimum Gasteiger partial charge on any atom is -0.457 e. The predicted molar refractivity (Wildman–Crippen MR) is 155 cm³/mol. The van der Waals surface area contributed by atoms with Gasteiger partial charge in [-0.1, -0.05) is 49.9 Å². The summed E-state index contributed by atoms with van der Waals surface area (Å²) in [6.45, 7) is 1.92. The van der Waals surface area contributed by atoms with E-state index in [2.05, 4.69) is 39.8 Å². The van der Waals surface area contributed by atoms with Gasteiger partial charge in [0.15, 0.2) is 0 Å². The maximum absolute atomic E-state index is 5.89. The normalized spacial score (nSPS) is 17.1. The van der Waals surface area contributed by atoms with Crippen molar-refractivity contribution in [2.24, 2.45) is 5.92 Å². The van der Waals surface area contributed by atoms with E-state index in [-0.39, 0.29) is 7.43 Å². The maximum atomic E-state index is 5.89. The van der Waals surface area contributed by atoms with E-state index >= 15 is 0 Å². The molecular weight excluding hydrogens is 458 g/mol. The summed E-state index contributed by atoms with van der Waals surface area (Å²) in [5, 5.41) is 8.35. The van der Waals surface area contributed by atoms with Crippen LogP contribution in [-0.2, 0) is 6.54 Å². The molecule has 6 nitrogen and oxygen atoms in total. The van der Waals surface area contributed by atoms with Gasteiger partial charge in [-0.25, -0.2) is 4.98 Å². The van der Waals surface area contributed by atoms with Gasteiger partial charge in [-0.05, 0) is 80.1 Å². The molecule has 1 heterocycles. The van der Waals surface area contributed by atoms with Crippen molar-refractivity contribution in [2.75, 3.05) is 30.9 Å². The van der Waals surface area contributed by atoms with Gasteiger partial charge in [-0.15, -0.1) is 0 Å². The molecule has 2 N–H and O–H groups in total. The predicted octanol–water partition coefficient (Wildman–Crippen LogP) is 6.88. The van der Waals surface area contributed by atoms with Crippen LogP contribution in [0.25, 0.3) is 10.9 Å². The third kappa shape index (κ3) is 6.98. The Hall–Kier alpha value is -3.64. The number of nitrogens with zero attached hydrogens (tertiary/aromatic N) is 3. The SMILES string of the molecule is C.CN(C)c1nc(NC2CCC(CNCc3ccc(Oc4ccccc4)cc3)CC2)nc2ccccc12. The monoisotopic (exact) mass is 497 g/mol. The van der Waals surface area contributed by atoms with E-state index in [4.69, 9.17) is 14.7 Å². The van der Waals surface area contributed by atoms with Crippen LogP contribution in [0.2, 0.25) is 0 Å². The minimum absolute atomic E-state index is 0. The van der Waals surface area contributed by atoms with Crippen LogP contribution in [-0.4, -0.2) is 36.6 Å². The van der Waals surface area contributed by atoms with Gasteiger partial charge in [0.2, 0.25) is 5.95 Å². The number of fused-ring (bicyclic) bond motifs is 1. The lowest BCUT2D eigenvalue weighted by molar-refractivity contribution is 0.324. The Morgan fingerprint density at radius 3 is 2.22 bits per heavy atom. The van der Waals surface area contributed by atoms with E-state index in [0.717, 1.165) is 60.1 Å². The standard InChI is InChI=1S/C30H35N5O.CH4/c1-35(2)29-27-10-6-7-11-28(27)33-30(34-29)32-24-16-12-22(13-17-24)20-31-21-23-14-18-26(19-15-23)36-25-8-4-3-5-9-25;/h3-11,14-15,18-19,22,24,31H,12-13,16-17,20-21H2,1-2H3,(H,32,33,34);1H4. The summed E-state index contributed by atoms with van der Waals surface area (Å²) in [6.07, 6.45) is 4.71. The molecule has 4 aromatic rings. The van der Waals surface area contributed by atoms with Crippen LogP contribution in [0.5, 0.6) is 11.5 Å². The summed E-state index contributed by atoms with van der Waals surface area (Å²) in [4.78, 5) is 11.6. The molecule has 1 fully saturated rings. The number of rotatable bonds is 9. The molecule has 0 aliphatic heterocycles. The summed E-state index contributed by atoms with van der Waals surface area (Å²) < 4.78 is 5.89. The highest BCUT2D eigenvalue weighted by atomic mass is 16.5. The molecule has 5 rings (SSSR count). The molecule has 1 saturated carbocycles. The Labute approximate surface area is 221 Å². The van der Waals surface area contributed by atoms with Gasteiger partial charge in [-0.2, -0.15) is 4.98 Å². The molecule has 3 aromatic carbocycles.